The Morgan fingerprint density at radius 1 is 1.06 bits per heavy atom. The van der Waals surface area contributed by atoms with E-state index in [2.05, 4.69) is 10.6 Å². The Morgan fingerprint density at radius 2 is 1.74 bits per heavy atom. The molecule has 0 radical (unpaired) electrons. The fourth-order valence-corrected chi connectivity index (χ4v) is 4.15. The van der Waals surface area contributed by atoms with Crippen LogP contribution in [0.5, 0.6) is 0 Å². The highest BCUT2D eigenvalue weighted by Gasteiger charge is 2.25. The molecule has 0 saturated carbocycles. The van der Waals surface area contributed by atoms with E-state index in [9.17, 15) is 14.7 Å². The highest BCUT2D eigenvalue weighted by Crippen LogP contribution is 2.29. The first kappa shape index (κ1) is 22.8. The molecule has 0 aliphatic rings. The van der Waals surface area contributed by atoms with Crippen molar-refractivity contribution in [3.8, 4) is 0 Å². The molecule has 0 aliphatic heterocycles. The van der Waals surface area contributed by atoms with E-state index in [1.165, 1.54) is 11.3 Å². The van der Waals surface area contributed by atoms with Gasteiger partial charge in [-0.15, -0.1) is 11.3 Å². The lowest BCUT2D eigenvalue weighted by Crippen LogP contribution is -2.50. The molecule has 0 spiro atoms. The lowest BCUT2D eigenvalue weighted by atomic mass is 10.1. The van der Waals surface area contributed by atoms with Crippen molar-refractivity contribution in [1.82, 2.24) is 10.6 Å². The molecule has 1 heterocycles. The average molecular weight is 441 g/mol. The summed E-state index contributed by atoms with van der Waals surface area (Å²) in [5.74, 6) is -0.380. The molecule has 6 nitrogen and oxygen atoms in total. The van der Waals surface area contributed by atoms with Crippen LogP contribution in [0.4, 0.5) is 4.79 Å². The van der Waals surface area contributed by atoms with Gasteiger partial charge in [0.25, 0.3) is 0 Å². The summed E-state index contributed by atoms with van der Waals surface area (Å²) in [4.78, 5) is 25.9. The third kappa shape index (κ3) is 6.80. The van der Waals surface area contributed by atoms with Crippen LogP contribution in [-0.4, -0.2) is 35.3 Å². The number of carbonyl (C=O) groups is 2. The zero-order valence-corrected chi connectivity index (χ0v) is 18.7. The van der Waals surface area contributed by atoms with Crippen molar-refractivity contribution in [2.24, 2.45) is 0 Å². The molecule has 0 unspecified atom stereocenters. The highest BCUT2D eigenvalue weighted by molar-refractivity contribution is 7.19. The summed E-state index contributed by atoms with van der Waals surface area (Å²) in [6, 6.07) is 18.4. The molecule has 2 aromatic carbocycles. The maximum absolute atomic E-state index is 12.9. The van der Waals surface area contributed by atoms with Crippen molar-refractivity contribution >= 4 is 33.4 Å². The van der Waals surface area contributed by atoms with Crippen LogP contribution in [0.15, 0.2) is 60.7 Å². The molecule has 7 heteroatoms. The number of hydrogen-bond acceptors (Lipinski definition) is 5. The molecule has 0 bridgehead atoms. The van der Waals surface area contributed by atoms with Gasteiger partial charge < -0.3 is 20.5 Å². The lowest BCUT2D eigenvalue weighted by Gasteiger charge is -2.23. The number of rotatable bonds is 7. The second-order valence-corrected chi connectivity index (χ2v) is 9.45. The molecule has 2 amide bonds. The van der Waals surface area contributed by atoms with Crippen LogP contribution in [0.1, 0.15) is 37.3 Å². The van der Waals surface area contributed by atoms with Gasteiger partial charge in [0, 0.05) is 22.5 Å². The number of carbonyl (C=O) groups excluding carboxylic acids is 2. The first-order valence-corrected chi connectivity index (χ1v) is 11.0. The minimum Gasteiger partial charge on any atom is -0.444 e. The summed E-state index contributed by atoms with van der Waals surface area (Å²) in [6.07, 6.45) is -1.18. The number of thiophene rings is 1. The topological polar surface area (TPSA) is 87.7 Å². The van der Waals surface area contributed by atoms with Gasteiger partial charge in [0.15, 0.2) is 0 Å². The fourth-order valence-electron chi connectivity index (χ4n) is 3.10. The predicted octanol–water partition coefficient (Wildman–Crippen LogP) is 4.19. The quantitative estimate of drug-likeness (QED) is 0.514. The standard InChI is InChI=1S/C24H28N2O4S/c1-24(2,3)30-23(29)26-18(13-16-9-5-4-6-10-16)22(28)25-15-19(27)21-14-17-11-7-8-12-20(17)31-21/h4-12,14,18-19,27H,13,15H2,1-3H3,(H,25,28)(H,26,29)/t18-,19+/m0/s1. The second kappa shape index (κ2) is 9.94. The van der Waals surface area contributed by atoms with Gasteiger partial charge in [0.1, 0.15) is 17.7 Å². The van der Waals surface area contributed by atoms with E-state index < -0.39 is 23.8 Å². The Bertz CT molecular complexity index is 994. The summed E-state index contributed by atoms with van der Waals surface area (Å²) in [7, 11) is 0. The van der Waals surface area contributed by atoms with Crippen LogP contribution >= 0.6 is 11.3 Å². The van der Waals surface area contributed by atoms with E-state index in [-0.39, 0.29) is 12.5 Å². The van der Waals surface area contributed by atoms with E-state index in [1.807, 2.05) is 60.7 Å². The first-order chi connectivity index (χ1) is 14.7. The molecule has 0 saturated heterocycles. The van der Waals surface area contributed by atoms with Crippen LogP contribution in [0.3, 0.4) is 0 Å². The Labute approximate surface area is 186 Å². The average Bonchev–Trinajstić information content (AvgIpc) is 3.15. The zero-order chi connectivity index (χ0) is 22.4. The Kier molecular flexibility index (Phi) is 7.30. The summed E-state index contributed by atoms with van der Waals surface area (Å²) < 4.78 is 6.39. The van der Waals surface area contributed by atoms with Gasteiger partial charge in [0.05, 0.1) is 0 Å². The Balaban J connectivity index is 1.65. The number of alkyl carbamates (subject to hydrolysis) is 1. The molecular formula is C24H28N2O4S. The number of nitrogens with one attached hydrogen (secondary N) is 2. The van der Waals surface area contributed by atoms with E-state index in [0.29, 0.717) is 6.42 Å². The number of amides is 2. The van der Waals surface area contributed by atoms with E-state index in [0.717, 1.165) is 20.5 Å². The van der Waals surface area contributed by atoms with Gasteiger partial charge >= 0.3 is 6.09 Å². The number of hydrogen-bond donors (Lipinski definition) is 3. The summed E-state index contributed by atoms with van der Waals surface area (Å²) in [6.45, 7) is 5.34. The number of fused-ring (bicyclic) bond motifs is 1. The van der Waals surface area contributed by atoms with Crippen LogP contribution in [0.25, 0.3) is 10.1 Å². The van der Waals surface area contributed by atoms with Crippen molar-refractivity contribution in [1.29, 1.82) is 0 Å². The fraction of sp³-hybridized carbons (Fsp3) is 0.333. The van der Waals surface area contributed by atoms with E-state index in [1.54, 1.807) is 20.8 Å². The molecule has 3 aromatic rings. The van der Waals surface area contributed by atoms with Crippen LogP contribution in [-0.2, 0) is 16.0 Å². The molecule has 0 aliphatic carbocycles. The third-order valence-corrected chi connectivity index (χ3v) is 5.75. The van der Waals surface area contributed by atoms with Crippen LogP contribution in [0.2, 0.25) is 0 Å². The van der Waals surface area contributed by atoms with Crippen molar-refractivity contribution in [3.63, 3.8) is 0 Å². The number of benzene rings is 2. The van der Waals surface area contributed by atoms with Crippen LogP contribution in [0, 0.1) is 0 Å². The minimum atomic E-state index is -0.833. The van der Waals surface area contributed by atoms with E-state index >= 15 is 0 Å². The Hall–Kier alpha value is -2.90. The molecule has 31 heavy (non-hydrogen) atoms. The highest BCUT2D eigenvalue weighted by atomic mass is 32.1. The lowest BCUT2D eigenvalue weighted by molar-refractivity contribution is -0.123. The van der Waals surface area contributed by atoms with Gasteiger partial charge in [-0.25, -0.2) is 4.79 Å². The summed E-state index contributed by atoms with van der Waals surface area (Å²) in [5, 5.41) is 17.0. The van der Waals surface area contributed by atoms with Crippen molar-refractivity contribution in [3.05, 3.63) is 71.1 Å². The van der Waals surface area contributed by atoms with Gasteiger partial charge in [-0.05, 0) is 43.9 Å². The van der Waals surface area contributed by atoms with Crippen LogP contribution < -0.4 is 10.6 Å². The number of aliphatic hydroxyl groups is 1. The van der Waals surface area contributed by atoms with Crippen molar-refractivity contribution in [2.75, 3.05) is 6.54 Å². The molecule has 0 fully saturated rings. The SMILES string of the molecule is CC(C)(C)OC(=O)N[C@@H](Cc1ccccc1)C(=O)NC[C@@H](O)c1cc2ccccc2s1. The molecule has 3 N–H and O–H groups in total. The summed E-state index contributed by atoms with van der Waals surface area (Å²) >= 11 is 1.49. The maximum atomic E-state index is 12.9. The first-order valence-electron chi connectivity index (χ1n) is 10.2. The van der Waals surface area contributed by atoms with Gasteiger partial charge in [-0.3, -0.25) is 4.79 Å². The van der Waals surface area contributed by atoms with Crippen molar-refractivity contribution in [2.45, 2.75) is 44.9 Å². The van der Waals surface area contributed by atoms with E-state index in [4.69, 9.17) is 4.74 Å². The minimum absolute atomic E-state index is 0.0486. The smallest absolute Gasteiger partial charge is 0.408 e. The maximum Gasteiger partial charge on any atom is 0.408 e. The largest absolute Gasteiger partial charge is 0.444 e. The molecule has 3 rings (SSSR count). The molecule has 1 aromatic heterocycles. The summed E-state index contributed by atoms with van der Waals surface area (Å²) in [5.41, 5.74) is 0.235. The molecular weight excluding hydrogens is 412 g/mol. The molecule has 2 atom stereocenters. The zero-order valence-electron chi connectivity index (χ0n) is 17.9. The van der Waals surface area contributed by atoms with Gasteiger partial charge in [-0.1, -0.05) is 48.5 Å². The van der Waals surface area contributed by atoms with Gasteiger partial charge in [-0.2, -0.15) is 0 Å². The van der Waals surface area contributed by atoms with Gasteiger partial charge in [0.2, 0.25) is 5.91 Å². The predicted molar refractivity (Wildman–Crippen MR) is 123 cm³/mol. The third-order valence-electron chi connectivity index (χ3n) is 4.53. The monoisotopic (exact) mass is 440 g/mol. The Morgan fingerprint density at radius 3 is 2.42 bits per heavy atom. The normalized spacial score (nSPS) is 13.4. The second-order valence-electron chi connectivity index (χ2n) is 8.34. The number of aliphatic hydroxyl groups excluding tert-OH is 1. The van der Waals surface area contributed by atoms with Crippen molar-refractivity contribution < 1.29 is 19.4 Å². The molecule has 164 valence electrons. The number of ether oxygens (including phenoxy) is 1.